The molecule has 5 heteroatoms. The quantitative estimate of drug-likeness (QED) is 0.746. The first kappa shape index (κ1) is 18.0. The molecule has 0 saturated carbocycles. The largest absolute Gasteiger partial charge is 0.478 e. The molecule has 0 saturated heterocycles. The summed E-state index contributed by atoms with van der Waals surface area (Å²) in [5.74, 6) is -0.975. The number of carbonyl (C=O) groups is 2. The fraction of sp³-hybridized carbons (Fsp3) is 0.263. The lowest BCUT2D eigenvalue weighted by Crippen LogP contribution is -2.15. The fourth-order valence-corrected chi connectivity index (χ4v) is 2.76. The number of benzene rings is 2. The third-order valence-corrected chi connectivity index (χ3v) is 4.24. The zero-order chi connectivity index (χ0) is 17.5. The van der Waals surface area contributed by atoms with E-state index >= 15 is 0 Å². The molecular weight excluding hydrogens is 326 g/mol. The van der Waals surface area contributed by atoms with Crippen molar-refractivity contribution in [3.63, 3.8) is 0 Å². The molecule has 0 radical (unpaired) electrons. The lowest BCUT2D eigenvalue weighted by atomic mass is 9.92. The first-order valence-electron chi connectivity index (χ1n) is 7.89. The Balaban J connectivity index is 1.97. The van der Waals surface area contributed by atoms with E-state index in [2.05, 4.69) is 12.2 Å². The Morgan fingerprint density at radius 1 is 1.12 bits per heavy atom. The van der Waals surface area contributed by atoms with Gasteiger partial charge in [-0.05, 0) is 48.6 Å². The third-order valence-electron chi connectivity index (χ3n) is 3.99. The summed E-state index contributed by atoms with van der Waals surface area (Å²) in [4.78, 5) is 23.3. The minimum absolute atomic E-state index is 0.0931. The van der Waals surface area contributed by atoms with Crippen LogP contribution in [-0.2, 0) is 4.79 Å². The monoisotopic (exact) mass is 345 g/mol. The molecule has 0 spiro atoms. The lowest BCUT2D eigenvalue weighted by molar-refractivity contribution is -0.116. The highest BCUT2D eigenvalue weighted by atomic mass is 35.5. The minimum atomic E-state index is -1.06. The van der Waals surface area contributed by atoms with Gasteiger partial charge < -0.3 is 10.4 Å². The Morgan fingerprint density at radius 3 is 2.42 bits per heavy atom. The molecule has 2 rings (SSSR count). The topological polar surface area (TPSA) is 66.4 Å². The van der Waals surface area contributed by atoms with Crippen molar-refractivity contribution in [1.82, 2.24) is 0 Å². The van der Waals surface area contributed by atoms with E-state index in [0.717, 1.165) is 12.0 Å². The van der Waals surface area contributed by atoms with Gasteiger partial charge in [0.15, 0.2) is 0 Å². The van der Waals surface area contributed by atoms with Crippen molar-refractivity contribution in [2.45, 2.75) is 32.1 Å². The Bertz CT molecular complexity index is 713. The zero-order valence-electron chi connectivity index (χ0n) is 13.5. The summed E-state index contributed by atoms with van der Waals surface area (Å²) >= 11 is 5.91. The van der Waals surface area contributed by atoms with Crippen LogP contribution in [0.3, 0.4) is 0 Å². The van der Waals surface area contributed by atoms with Crippen LogP contribution in [0, 0.1) is 0 Å². The molecule has 0 bridgehead atoms. The summed E-state index contributed by atoms with van der Waals surface area (Å²) in [7, 11) is 0. The number of halogens is 1. The highest BCUT2D eigenvalue weighted by molar-refractivity contribution is 6.30. The van der Waals surface area contributed by atoms with Gasteiger partial charge in [-0.25, -0.2) is 4.79 Å². The second-order valence-electron chi connectivity index (χ2n) is 5.59. The Hall–Kier alpha value is -2.33. The zero-order valence-corrected chi connectivity index (χ0v) is 14.2. The maximum Gasteiger partial charge on any atom is 0.337 e. The van der Waals surface area contributed by atoms with Gasteiger partial charge in [0.05, 0.1) is 11.3 Å². The molecule has 0 aliphatic rings. The van der Waals surface area contributed by atoms with Crippen molar-refractivity contribution in [1.29, 1.82) is 0 Å². The number of rotatable bonds is 7. The Kier molecular flexibility index (Phi) is 6.38. The van der Waals surface area contributed by atoms with Gasteiger partial charge in [0, 0.05) is 11.4 Å². The average molecular weight is 346 g/mol. The smallest absolute Gasteiger partial charge is 0.337 e. The maximum absolute atomic E-state index is 12.2. The fourth-order valence-electron chi connectivity index (χ4n) is 2.64. The van der Waals surface area contributed by atoms with Gasteiger partial charge in [0.2, 0.25) is 5.91 Å². The second-order valence-corrected chi connectivity index (χ2v) is 6.03. The van der Waals surface area contributed by atoms with Crippen molar-refractivity contribution >= 4 is 29.2 Å². The van der Waals surface area contributed by atoms with Crippen molar-refractivity contribution in [2.24, 2.45) is 0 Å². The van der Waals surface area contributed by atoms with E-state index in [9.17, 15) is 9.59 Å². The standard InChI is InChI=1S/C19H20ClNO3/c1-2-13(14-7-10-15(20)11-8-14)9-12-18(22)21-17-6-4-3-5-16(17)19(23)24/h3-8,10-11,13H,2,9,12H2,1H3,(H,21,22)(H,23,24). The average Bonchev–Trinajstić information content (AvgIpc) is 2.57. The molecule has 0 heterocycles. The summed E-state index contributed by atoms with van der Waals surface area (Å²) in [6, 6.07) is 14.1. The molecule has 2 N–H and O–H groups in total. The molecular formula is C19H20ClNO3. The van der Waals surface area contributed by atoms with Crippen molar-refractivity contribution in [3.8, 4) is 0 Å². The Labute approximate surface area is 146 Å². The first-order chi connectivity index (χ1) is 11.5. The number of hydrogen-bond acceptors (Lipinski definition) is 2. The van der Waals surface area contributed by atoms with E-state index < -0.39 is 5.97 Å². The van der Waals surface area contributed by atoms with E-state index in [1.807, 2.05) is 24.3 Å². The summed E-state index contributed by atoms with van der Waals surface area (Å²) in [5, 5.41) is 12.5. The Morgan fingerprint density at radius 2 is 1.79 bits per heavy atom. The van der Waals surface area contributed by atoms with Gasteiger partial charge in [-0.2, -0.15) is 0 Å². The normalized spacial score (nSPS) is 11.8. The van der Waals surface area contributed by atoms with Crippen LogP contribution in [-0.4, -0.2) is 17.0 Å². The number of para-hydroxylation sites is 1. The molecule has 1 unspecified atom stereocenters. The van der Waals surface area contributed by atoms with E-state index in [0.29, 0.717) is 23.6 Å². The molecule has 2 aromatic carbocycles. The van der Waals surface area contributed by atoms with Crippen molar-refractivity contribution < 1.29 is 14.7 Å². The molecule has 24 heavy (non-hydrogen) atoms. The van der Waals surface area contributed by atoms with Crippen LogP contribution in [0.4, 0.5) is 5.69 Å². The predicted molar refractivity (Wildman–Crippen MR) is 95.7 cm³/mol. The highest BCUT2D eigenvalue weighted by Gasteiger charge is 2.14. The maximum atomic E-state index is 12.2. The van der Waals surface area contributed by atoms with E-state index in [1.54, 1.807) is 18.2 Å². The molecule has 2 aromatic rings. The van der Waals surface area contributed by atoms with Crippen molar-refractivity contribution in [2.75, 3.05) is 5.32 Å². The van der Waals surface area contributed by atoms with E-state index in [-0.39, 0.29) is 17.4 Å². The van der Waals surface area contributed by atoms with Crippen LogP contribution in [0.1, 0.15) is 48.0 Å². The molecule has 126 valence electrons. The van der Waals surface area contributed by atoms with Crippen LogP contribution in [0.5, 0.6) is 0 Å². The third kappa shape index (κ3) is 4.83. The van der Waals surface area contributed by atoms with Crippen LogP contribution in [0.15, 0.2) is 48.5 Å². The molecule has 1 amide bonds. The SMILES string of the molecule is CCC(CCC(=O)Nc1ccccc1C(=O)O)c1ccc(Cl)cc1. The molecule has 4 nitrogen and oxygen atoms in total. The van der Waals surface area contributed by atoms with Gasteiger partial charge in [0.1, 0.15) is 0 Å². The first-order valence-corrected chi connectivity index (χ1v) is 8.26. The minimum Gasteiger partial charge on any atom is -0.478 e. The molecule has 0 aromatic heterocycles. The lowest BCUT2D eigenvalue weighted by Gasteiger charge is -2.15. The molecule has 1 atom stereocenters. The molecule has 0 fully saturated rings. The number of nitrogens with one attached hydrogen (secondary N) is 1. The van der Waals surface area contributed by atoms with Gasteiger partial charge in [-0.3, -0.25) is 4.79 Å². The number of aromatic carboxylic acids is 1. The number of carboxylic acid groups (broad SMARTS) is 1. The number of carbonyl (C=O) groups excluding carboxylic acids is 1. The number of amides is 1. The molecule has 0 aliphatic carbocycles. The summed E-state index contributed by atoms with van der Waals surface area (Å²) in [5.41, 5.74) is 1.57. The van der Waals surface area contributed by atoms with Gasteiger partial charge in [-0.1, -0.05) is 42.8 Å². The van der Waals surface area contributed by atoms with Gasteiger partial charge in [0.25, 0.3) is 0 Å². The van der Waals surface area contributed by atoms with E-state index in [4.69, 9.17) is 16.7 Å². The number of hydrogen-bond donors (Lipinski definition) is 2. The summed E-state index contributed by atoms with van der Waals surface area (Å²) in [6.45, 7) is 2.08. The van der Waals surface area contributed by atoms with Crippen LogP contribution in [0.2, 0.25) is 5.02 Å². The van der Waals surface area contributed by atoms with Crippen molar-refractivity contribution in [3.05, 3.63) is 64.7 Å². The summed E-state index contributed by atoms with van der Waals surface area (Å²) in [6.07, 6.45) is 1.94. The highest BCUT2D eigenvalue weighted by Crippen LogP contribution is 2.26. The summed E-state index contributed by atoms with van der Waals surface area (Å²) < 4.78 is 0. The van der Waals surface area contributed by atoms with Crippen LogP contribution < -0.4 is 5.32 Å². The van der Waals surface area contributed by atoms with Crippen LogP contribution >= 0.6 is 11.6 Å². The van der Waals surface area contributed by atoms with Gasteiger partial charge >= 0.3 is 5.97 Å². The number of carboxylic acids is 1. The van der Waals surface area contributed by atoms with Gasteiger partial charge in [-0.15, -0.1) is 0 Å². The second kappa shape index (κ2) is 8.50. The van der Waals surface area contributed by atoms with E-state index in [1.165, 1.54) is 6.07 Å². The number of anilines is 1. The predicted octanol–water partition coefficient (Wildman–Crippen LogP) is 4.95. The van der Waals surface area contributed by atoms with Crippen LogP contribution in [0.25, 0.3) is 0 Å². The molecule has 0 aliphatic heterocycles.